The SMILES string of the molecule is COc1ccc2c(c1)N(C(=O)C(C)C)CC(C)C2. The lowest BCUT2D eigenvalue weighted by Crippen LogP contribution is -2.41. The molecule has 0 radical (unpaired) electrons. The number of amides is 1. The lowest BCUT2D eigenvalue weighted by atomic mass is 9.93. The van der Waals surface area contributed by atoms with Crippen LogP contribution in [-0.4, -0.2) is 19.6 Å². The van der Waals surface area contributed by atoms with Gasteiger partial charge in [0.15, 0.2) is 0 Å². The van der Waals surface area contributed by atoms with E-state index in [0.717, 1.165) is 24.4 Å². The molecule has 0 aliphatic carbocycles. The maximum atomic E-state index is 12.3. The number of hydrogen-bond acceptors (Lipinski definition) is 2. The minimum atomic E-state index is 0.0225. The van der Waals surface area contributed by atoms with Crippen LogP contribution in [-0.2, 0) is 11.2 Å². The Balaban J connectivity index is 2.42. The molecule has 1 aliphatic rings. The summed E-state index contributed by atoms with van der Waals surface area (Å²) in [6.45, 7) is 6.88. The van der Waals surface area contributed by atoms with E-state index in [4.69, 9.17) is 4.74 Å². The highest BCUT2D eigenvalue weighted by Crippen LogP contribution is 2.33. The van der Waals surface area contributed by atoms with E-state index in [1.54, 1.807) is 7.11 Å². The Bertz CT molecular complexity index is 454. The van der Waals surface area contributed by atoms with Crippen molar-refractivity contribution in [3.05, 3.63) is 23.8 Å². The molecule has 3 heteroatoms. The number of fused-ring (bicyclic) bond motifs is 1. The Morgan fingerprint density at radius 1 is 1.44 bits per heavy atom. The summed E-state index contributed by atoms with van der Waals surface area (Å²) >= 11 is 0. The third-order valence-corrected chi connectivity index (χ3v) is 3.41. The first-order valence-corrected chi connectivity index (χ1v) is 6.51. The lowest BCUT2D eigenvalue weighted by Gasteiger charge is -2.34. The van der Waals surface area contributed by atoms with E-state index < -0.39 is 0 Å². The summed E-state index contributed by atoms with van der Waals surface area (Å²) < 4.78 is 5.26. The van der Waals surface area contributed by atoms with Gasteiger partial charge in [0.1, 0.15) is 5.75 Å². The Kier molecular flexibility index (Phi) is 3.60. The zero-order valence-electron chi connectivity index (χ0n) is 11.6. The molecule has 0 N–H and O–H groups in total. The second-order valence-electron chi connectivity index (χ2n) is 5.41. The van der Waals surface area contributed by atoms with Crippen molar-refractivity contribution in [1.29, 1.82) is 0 Å². The molecular formula is C15H21NO2. The molecule has 1 aliphatic heterocycles. The second kappa shape index (κ2) is 5.01. The van der Waals surface area contributed by atoms with Crippen LogP contribution in [0.2, 0.25) is 0 Å². The molecule has 1 atom stereocenters. The van der Waals surface area contributed by atoms with Crippen LogP contribution in [0.5, 0.6) is 5.75 Å². The van der Waals surface area contributed by atoms with Gasteiger partial charge in [-0.15, -0.1) is 0 Å². The number of nitrogens with zero attached hydrogens (tertiary/aromatic N) is 1. The predicted molar refractivity (Wildman–Crippen MR) is 73.1 cm³/mol. The molecule has 98 valence electrons. The molecule has 2 rings (SSSR count). The third-order valence-electron chi connectivity index (χ3n) is 3.41. The van der Waals surface area contributed by atoms with Crippen molar-refractivity contribution in [3.63, 3.8) is 0 Å². The average Bonchev–Trinajstić information content (AvgIpc) is 2.36. The standard InChI is InChI=1S/C15H21NO2/c1-10(2)15(17)16-9-11(3)7-12-5-6-13(18-4)8-14(12)16/h5-6,8,10-11H,7,9H2,1-4H3. The zero-order chi connectivity index (χ0) is 13.3. The van der Waals surface area contributed by atoms with Crippen molar-refractivity contribution in [2.75, 3.05) is 18.6 Å². The fourth-order valence-corrected chi connectivity index (χ4v) is 2.46. The quantitative estimate of drug-likeness (QED) is 0.804. The highest BCUT2D eigenvalue weighted by molar-refractivity contribution is 5.96. The fraction of sp³-hybridized carbons (Fsp3) is 0.533. The monoisotopic (exact) mass is 247 g/mol. The molecule has 0 fully saturated rings. The maximum absolute atomic E-state index is 12.3. The highest BCUT2D eigenvalue weighted by atomic mass is 16.5. The van der Waals surface area contributed by atoms with E-state index in [1.165, 1.54) is 5.56 Å². The van der Waals surface area contributed by atoms with Gasteiger partial charge in [-0.1, -0.05) is 26.8 Å². The molecule has 1 amide bonds. The normalized spacial score (nSPS) is 18.7. The molecule has 0 spiro atoms. The Morgan fingerprint density at radius 3 is 2.78 bits per heavy atom. The van der Waals surface area contributed by atoms with Crippen molar-refractivity contribution < 1.29 is 9.53 Å². The molecule has 0 aromatic heterocycles. The van der Waals surface area contributed by atoms with E-state index in [0.29, 0.717) is 5.92 Å². The van der Waals surface area contributed by atoms with Crippen molar-refractivity contribution in [3.8, 4) is 5.75 Å². The second-order valence-corrected chi connectivity index (χ2v) is 5.41. The van der Waals surface area contributed by atoms with E-state index in [9.17, 15) is 4.79 Å². The molecule has 1 aromatic carbocycles. The molecule has 18 heavy (non-hydrogen) atoms. The van der Waals surface area contributed by atoms with E-state index >= 15 is 0 Å². The first-order valence-electron chi connectivity index (χ1n) is 6.51. The molecule has 1 heterocycles. The van der Waals surface area contributed by atoms with Gasteiger partial charge in [-0.25, -0.2) is 0 Å². The van der Waals surface area contributed by atoms with Crippen LogP contribution >= 0.6 is 0 Å². The number of rotatable bonds is 2. The molecule has 1 aromatic rings. The largest absolute Gasteiger partial charge is 0.497 e. The number of carbonyl (C=O) groups excluding carboxylic acids is 1. The van der Waals surface area contributed by atoms with Crippen molar-refractivity contribution in [2.24, 2.45) is 11.8 Å². The average molecular weight is 247 g/mol. The Hall–Kier alpha value is -1.51. The first kappa shape index (κ1) is 12.9. The van der Waals surface area contributed by atoms with Gasteiger partial charge in [-0.3, -0.25) is 4.79 Å². The lowest BCUT2D eigenvalue weighted by molar-refractivity contribution is -0.121. The molecule has 3 nitrogen and oxygen atoms in total. The van der Waals surface area contributed by atoms with Crippen molar-refractivity contribution >= 4 is 11.6 Å². The van der Waals surface area contributed by atoms with Crippen LogP contribution in [0.25, 0.3) is 0 Å². The minimum absolute atomic E-state index is 0.0225. The highest BCUT2D eigenvalue weighted by Gasteiger charge is 2.27. The summed E-state index contributed by atoms with van der Waals surface area (Å²) in [5.74, 6) is 1.53. The van der Waals surface area contributed by atoms with Gasteiger partial charge in [-0.05, 0) is 24.0 Å². The van der Waals surface area contributed by atoms with Gasteiger partial charge in [0.2, 0.25) is 5.91 Å². The van der Waals surface area contributed by atoms with Crippen LogP contribution in [0.1, 0.15) is 26.3 Å². The minimum Gasteiger partial charge on any atom is -0.497 e. The number of methoxy groups -OCH3 is 1. The smallest absolute Gasteiger partial charge is 0.229 e. The van der Waals surface area contributed by atoms with Crippen LogP contribution in [0.15, 0.2) is 18.2 Å². The van der Waals surface area contributed by atoms with Crippen LogP contribution in [0.3, 0.4) is 0 Å². The fourth-order valence-electron chi connectivity index (χ4n) is 2.46. The molecule has 1 unspecified atom stereocenters. The summed E-state index contributed by atoms with van der Waals surface area (Å²) in [7, 11) is 1.65. The summed E-state index contributed by atoms with van der Waals surface area (Å²) in [6, 6.07) is 6.01. The summed E-state index contributed by atoms with van der Waals surface area (Å²) in [5, 5.41) is 0. The predicted octanol–water partition coefficient (Wildman–Crippen LogP) is 2.88. The van der Waals surface area contributed by atoms with Gasteiger partial charge in [0.05, 0.1) is 12.8 Å². The van der Waals surface area contributed by atoms with Gasteiger partial charge in [0, 0.05) is 18.5 Å². The first-order chi connectivity index (χ1) is 8.52. The Morgan fingerprint density at radius 2 is 2.17 bits per heavy atom. The van der Waals surface area contributed by atoms with E-state index in [-0.39, 0.29) is 11.8 Å². The van der Waals surface area contributed by atoms with Crippen molar-refractivity contribution in [1.82, 2.24) is 0 Å². The molecule has 0 saturated heterocycles. The molecule has 0 saturated carbocycles. The van der Waals surface area contributed by atoms with E-state index in [1.807, 2.05) is 30.9 Å². The van der Waals surface area contributed by atoms with Crippen LogP contribution < -0.4 is 9.64 Å². The van der Waals surface area contributed by atoms with Crippen molar-refractivity contribution in [2.45, 2.75) is 27.2 Å². The van der Waals surface area contributed by atoms with Gasteiger partial charge >= 0.3 is 0 Å². The number of carbonyl (C=O) groups is 1. The number of benzene rings is 1. The van der Waals surface area contributed by atoms with Gasteiger partial charge in [0.25, 0.3) is 0 Å². The van der Waals surface area contributed by atoms with Crippen LogP contribution in [0, 0.1) is 11.8 Å². The third kappa shape index (κ3) is 2.35. The number of anilines is 1. The molecule has 0 bridgehead atoms. The maximum Gasteiger partial charge on any atom is 0.229 e. The van der Waals surface area contributed by atoms with Crippen LogP contribution in [0.4, 0.5) is 5.69 Å². The summed E-state index contributed by atoms with van der Waals surface area (Å²) in [4.78, 5) is 14.2. The van der Waals surface area contributed by atoms with Gasteiger partial charge < -0.3 is 9.64 Å². The topological polar surface area (TPSA) is 29.5 Å². The number of hydrogen-bond donors (Lipinski definition) is 0. The zero-order valence-corrected chi connectivity index (χ0v) is 11.6. The number of ether oxygens (including phenoxy) is 1. The van der Waals surface area contributed by atoms with Gasteiger partial charge in [-0.2, -0.15) is 0 Å². The summed E-state index contributed by atoms with van der Waals surface area (Å²) in [6.07, 6.45) is 1.03. The Labute approximate surface area is 109 Å². The molecular weight excluding hydrogens is 226 g/mol. The van der Waals surface area contributed by atoms with E-state index in [2.05, 4.69) is 13.0 Å². The summed E-state index contributed by atoms with van der Waals surface area (Å²) in [5.41, 5.74) is 2.26.